The molecule has 3 nitrogen and oxygen atoms in total. The summed E-state index contributed by atoms with van der Waals surface area (Å²) in [5, 5.41) is 1.23. The Morgan fingerprint density at radius 3 is 2.57 bits per heavy atom. The molecular formula is C20H20N2O. The second kappa shape index (κ2) is 5.27. The Hall–Kier alpha value is -2.55. The van der Waals surface area contributed by atoms with Crippen LogP contribution in [-0.4, -0.2) is 21.9 Å². The maximum atomic E-state index is 12.8. The highest BCUT2D eigenvalue weighted by Crippen LogP contribution is 2.41. The predicted molar refractivity (Wildman–Crippen MR) is 92.5 cm³/mol. The zero-order chi connectivity index (χ0) is 16.0. The van der Waals surface area contributed by atoms with Crippen LogP contribution in [0.2, 0.25) is 0 Å². The van der Waals surface area contributed by atoms with Gasteiger partial charge in [-0.1, -0.05) is 43.3 Å². The van der Waals surface area contributed by atoms with Crippen molar-refractivity contribution in [2.75, 3.05) is 6.54 Å². The van der Waals surface area contributed by atoms with E-state index in [0.29, 0.717) is 0 Å². The largest absolute Gasteiger partial charge is 0.350 e. The molecule has 1 amide bonds. The van der Waals surface area contributed by atoms with Gasteiger partial charge in [0.1, 0.15) is 0 Å². The number of hydrogen-bond donors (Lipinski definition) is 0. The van der Waals surface area contributed by atoms with Gasteiger partial charge in [0.15, 0.2) is 0 Å². The SMILES string of the molecule is CCCN1C(=O)c2ccccc2[C@H]1c1cn(C)c2ccccc12. The third-order valence-corrected chi connectivity index (χ3v) is 4.75. The van der Waals surface area contributed by atoms with Crippen LogP contribution >= 0.6 is 0 Å². The lowest BCUT2D eigenvalue weighted by atomic mass is 9.97. The summed E-state index contributed by atoms with van der Waals surface area (Å²) in [6.45, 7) is 2.90. The molecule has 3 aromatic rings. The summed E-state index contributed by atoms with van der Waals surface area (Å²) in [6, 6.07) is 16.4. The molecule has 3 heteroatoms. The van der Waals surface area contributed by atoms with Gasteiger partial charge < -0.3 is 9.47 Å². The lowest BCUT2D eigenvalue weighted by Gasteiger charge is -2.25. The van der Waals surface area contributed by atoms with E-state index in [-0.39, 0.29) is 11.9 Å². The van der Waals surface area contributed by atoms with Gasteiger partial charge in [-0.2, -0.15) is 0 Å². The summed E-state index contributed by atoms with van der Waals surface area (Å²) in [5.74, 6) is 0.153. The van der Waals surface area contributed by atoms with E-state index >= 15 is 0 Å². The summed E-state index contributed by atoms with van der Waals surface area (Å²) < 4.78 is 2.15. The summed E-state index contributed by atoms with van der Waals surface area (Å²) in [7, 11) is 2.07. The normalized spacial score (nSPS) is 17.0. The molecule has 0 aliphatic carbocycles. The van der Waals surface area contributed by atoms with E-state index < -0.39 is 0 Å². The highest BCUT2D eigenvalue weighted by molar-refractivity contribution is 6.00. The maximum Gasteiger partial charge on any atom is 0.255 e. The van der Waals surface area contributed by atoms with Crippen LogP contribution < -0.4 is 0 Å². The fourth-order valence-electron chi connectivity index (χ4n) is 3.77. The van der Waals surface area contributed by atoms with E-state index in [9.17, 15) is 4.79 Å². The average Bonchev–Trinajstić information content (AvgIpc) is 3.05. The lowest BCUT2D eigenvalue weighted by molar-refractivity contribution is 0.0750. The van der Waals surface area contributed by atoms with E-state index in [4.69, 9.17) is 0 Å². The van der Waals surface area contributed by atoms with Crippen molar-refractivity contribution in [1.82, 2.24) is 9.47 Å². The molecule has 2 aromatic carbocycles. The highest BCUT2D eigenvalue weighted by atomic mass is 16.2. The van der Waals surface area contributed by atoms with Crippen LogP contribution in [0.4, 0.5) is 0 Å². The van der Waals surface area contributed by atoms with Gasteiger partial charge in [0.2, 0.25) is 0 Å². The van der Waals surface area contributed by atoms with Crippen molar-refractivity contribution >= 4 is 16.8 Å². The molecule has 1 atom stereocenters. The molecule has 0 unspecified atom stereocenters. The fourth-order valence-corrected chi connectivity index (χ4v) is 3.77. The summed E-state index contributed by atoms with van der Waals surface area (Å²) in [4.78, 5) is 14.9. The Balaban J connectivity index is 1.96. The number of fused-ring (bicyclic) bond motifs is 2. The fraction of sp³-hybridized carbons (Fsp3) is 0.250. The third kappa shape index (κ3) is 2.00. The Kier molecular flexibility index (Phi) is 3.22. The van der Waals surface area contributed by atoms with Gasteiger partial charge in [-0.3, -0.25) is 4.79 Å². The zero-order valence-corrected chi connectivity index (χ0v) is 13.5. The first-order valence-corrected chi connectivity index (χ1v) is 8.16. The number of rotatable bonds is 3. The first-order valence-electron chi connectivity index (χ1n) is 8.16. The van der Waals surface area contributed by atoms with Gasteiger partial charge in [-0.25, -0.2) is 0 Å². The minimum Gasteiger partial charge on any atom is -0.350 e. The summed E-state index contributed by atoms with van der Waals surface area (Å²) in [6.07, 6.45) is 3.13. The molecule has 23 heavy (non-hydrogen) atoms. The van der Waals surface area contributed by atoms with Gasteiger partial charge in [-0.05, 0) is 24.1 Å². The molecular weight excluding hydrogens is 284 g/mol. The number of amides is 1. The zero-order valence-electron chi connectivity index (χ0n) is 13.5. The van der Waals surface area contributed by atoms with Crippen molar-refractivity contribution in [3.8, 4) is 0 Å². The van der Waals surface area contributed by atoms with Crippen molar-refractivity contribution in [2.24, 2.45) is 7.05 Å². The van der Waals surface area contributed by atoms with Crippen LogP contribution in [0.5, 0.6) is 0 Å². The lowest BCUT2D eigenvalue weighted by Crippen LogP contribution is -2.29. The van der Waals surface area contributed by atoms with Crippen molar-refractivity contribution < 1.29 is 4.79 Å². The van der Waals surface area contributed by atoms with E-state index in [1.165, 1.54) is 16.5 Å². The molecule has 1 aliphatic rings. The van der Waals surface area contributed by atoms with Crippen molar-refractivity contribution in [1.29, 1.82) is 0 Å². The predicted octanol–water partition coefficient (Wildman–Crippen LogP) is 4.13. The second-order valence-electron chi connectivity index (χ2n) is 6.20. The average molecular weight is 304 g/mol. The van der Waals surface area contributed by atoms with Crippen LogP contribution in [0.3, 0.4) is 0 Å². The Morgan fingerprint density at radius 1 is 1.00 bits per heavy atom. The highest BCUT2D eigenvalue weighted by Gasteiger charge is 2.38. The standard InChI is InChI=1S/C20H20N2O/c1-3-12-22-19(15-9-4-5-10-16(15)20(22)23)17-13-21(2)18-11-7-6-8-14(17)18/h4-11,13,19H,3,12H2,1-2H3/t19-/m0/s1. The number of hydrogen-bond acceptors (Lipinski definition) is 1. The number of carbonyl (C=O) groups is 1. The molecule has 0 radical (unpaired) electrons. The topological polar surface area (TPSA) is 25.2 Å². The van der Waals surface area contributed by atoms with Gasteiger partial charge in [-0.15, -0.1) is 0 Å². The van der Waals surface area contributed by atoms with Gasteiger partial charge in [0.05, 0.1) is 6.04 Å². The minimum absolute atomic E-state index is 0.0183. The number of nitrogens with zero attached hydrogens (tertiary/aromatic N) is 2. The monoisotopic (exact) mass is 304 g/mol. The number of benzene rings is 2. The van der Waals surface area contributed by atoms with Crippen LogP contribution in [0, 0.1) is 0 Å². The Morgan fingerprint density at radius 2 is 1.74 bits per heavy atom. The van der Waals surface area contributed by atoms with E-state index in [1.807, 2.05) is 23.1 Å². The van der Waals surface area contributed by atoms with Crippen molar-refractivity contribution in [2.45, 2.75) is 19.4 Å². The smallest absolute Gasteiger partial charge is 0.255 e. The maximum absolute atomic E-state index is 12.8. The summed E-state index contributed by atoms with van der Waals surface area (Å²) in [5.41, 5.74) is 4.40. The molecule has 1 aliphatic heterocycles. The van der Waals surface area contributed by atoms with Gasteiger partial charge in [0, 0.05) is 41.8 Å². The second-order valence-corrected chi connectivity index (χ2v) is 6.20. The molecule has 1 aromatic heterocycles. The summed E-state index contributed by atoms with van der Waals surface area (Å²) >= 11 is 0. The number of aromatic nitrogens is 1. The first kappa shape index (κ1) is 14.1. The molecule has 0 bridgehead atoms. The quantitative estimate of drug-likeness (QED) is 0.714. The molecule has 0 saturated carbocycles. The van der Waals surface area contributed by atoms with Crippen LogP contribution in [0.25, 0.3) is 10.9 Å². The minimum atomic E-state index is 0.0183. The molecule has 0 fully saturated rings. The van der Waals surface area contributed by atoms with Crippen molar-refractivity contribution in [3.63, 3.8) is 0 Å². The number of para-hydroxylation sites is 1. The molecule has 2 heterocycles. The van der Waals surface area contributed by atoms with Crippen LogP contribution in [0.1, 0.15) is 40.9 Å². The van der Waals surface area contributed by atoms with Gasteiger partial charge >= 0.3 is 0 Å². The van der Waals surface area contributed by atoms with E-state index in [0.717, 1.165) is 24.1 Å². The van der Waals surface area contributed by atoms with Crippen LogP contribution in [-0.2, 0) is 7.05 Å². The molecule has 0 saturated heterocycles. The van der Waals surface area contributed by atoms with E-state index in [1.54, 1.807) is 0 Å². The number of carbonyl (C=O) groups excluding carboxylic acids is 1. The Labute approximate surface area is 136 Å². The molecule has 116 valence electrons. The Bertz CT molecular complexity index is 894. The van der Waals surface area contributed by atoms with E-state index in [2.05, 4.69) is 55.1 Å². The number of aryl methyl sites for hydroxylation is 1. The van der Waals surface area contributed by atoms with Crippen LogP contribution in [0.15, 0.2) is 54.7 Å². The van der Waals surface area contributed by atoms with Gasteiger partial charge in [0.25, 0.3) is 5.91 Å². The molecule has 0 spiro atoms. The molecule has 0 N–H and O–H groups in total. The third-order valence-electron chi connectivity index (χ3n) is 4.75. The van der Waals surface area contributed by atoms with Crippen molar-refractivity contribution in [3.05, 3.63) is 71.4 Å². The molecule has 4 rings (SSSR count). The first-order chi connectivity index (χ1) is 11.2.